The number of likely N-dealkylation sites (N-methyl/N-ethyl adjacent to an activating group) is 1. The molecule has 0 aromatic heterocycles. The number of rotatable bonds is 9. The number of ether oxygens (including phenoxy) is 1. The van der Waals surface area contributed by atoms with Crippen LogP contribution in [0.1, 0.15) is 0 Å². The van der Waals surface area contributed by atoms with Crippen LogP contribution in [0.2, 0.25) is 0 Å². The number of methoxy groups -OCH3 is 1. The maximum atomic E-state index is 12.2. The molecule has 7 nitrogen and oxygen atoms in total. The molecular formula is C20H22BrN3O4S. The quantitative estimate of drug-likeness (QED) is 0.576. The van der Waals surface area contributed by atoms with Crippen LogP contribution < -0.4 is 15.4 Å². The average Bonchev–Trinajstić information content (AvgIpc) is 2.67. The lowest BCUT2D eigenvalue weighted by molar-refractivity contribution is -0.131. The van der Waals surface area contributed by atoms with Crippen molar-refractivity contribution in [3.05, 3.63) is 53.0 Å². The fourth-order valence-electron chi connectivity index (χ4n) is 2.31. The van der Waals surface area contributed by atoms with Crippen molar-refractivity contribution in [2.75, 3.05) is 42.8 Å². The molecule has 29 heavy (non-hydrogen) atoms. The van der Waals surface area contributed by atoms with E-state index in [1.807, 2.05) is 12.1 Å². The molecule has 2 aromatic rings. The Labute approximate surface area is 182 Å². The second-order valence-corrected chi connectivity index (χ2v) is 7.98. The first-order chi connectivity index (χ1) is 13.9. The summed E-state index contributed by atoms with van der Waals surface area (Å²) in [7, 11) is 3.10. The molecule has 0 bridgehead atoms. The number of hydrogen-bond acceptors (Lipinski definition) is 5. The van der Waals surface area contributed by atoms with Crippen LogP contribution in [-0.4, -0.2) is 54.8 Å². The number of carbonyl (C=O) groups is 3. The molecule has 0 heterocycles. The van der Waals surface area contributed by atoms with E-state index in [1.165, 1.54) is 16.7 Å². The molecule has 0 fully saturated rings. The zero-order valence-corrected chi connectivity index (χ0v) is 18.5. The summed E-state index contributed by atoms with van der Waals surface area (Å²) in [5, 5.41) is 5.49. The van der Waals surface area contributed by atoms with Crippen LogP contribution in [0.5, 0.6) is 5.75 Å². The highest BCUT2D eigenvalue weighted by atomic mass is 79.9. The summed E-state index contributed by atoms with van der Waals surface area (Å²) in [5.41, 5.74) is 1.27. The van der Waals surface area contributed by atoms with Gasteiger partial charge in [0.25, 0.3) is 0 Å². The molecule has 0 aliphatic carbocycles. The molecule has 0 aliphatic heterocycles. The standard InChI is InChI=1S/C20H22BrN3O4S/c1-24(11-18(25)22-16-7-4-8-17(10-16)28-2)20(27)13-29-12-19(26)23-15-6-3-5-14(21)9-15/h3-10H,11-13H2,1-2H3,(H,22,25)(H,23,26). The topological polar surface area (TPSA) is 87.7 Å². The normalized spacial score (nSPS) is 10.2. The van der Waals surface area contributed by atoms with Gasteiger partial charge < -0.3 is 20.3 Å². The zero-order chi connectivity index (χ0) is 21.2. The number of benzene rings is 2. The molecule has 0 radical (unpaired) electrons. The van der Waals surface area contributed by atoms with Crippen LogP contribution >= 0.6 is 27.7 Å². The van der Waals surface area contributed by atoms with Crippen molar-refractivity contribution in [1.29, 1.82) is 0 Å². The van der Waals surface area contributed by atoms with Gasteiger partial charge in [0.2, 0.25) is 17.7 Å². The van der Waals surface area contributed by atoms with E-state index < -0.39 is 0 Å². The van der Waals surface area contributed by atoms with E-state index in [1.54, 1.807) is 50.6 Å². The van der Waals surface area contributed by atoms with Crippen molar-refractivity contribution in [1.82, 2.24) is 4.90 Å². The third-order valence-electron chi connectivity index (χ3n) is 3.73. The summed E-state index contributed by atoms with van der Waals surface area (Å²) in [5.74, 6) is 0.137. The second kappa shape index (κ2) is 11.5. The van der Waals surface area contributed by atoms with Crippen molar-refractivity contribution in [2.24, 2.45) is 0 Å². The molecule has 0 aliphatic rings. The summed E-state index contributed by atoms with van der Waals surface area (Å²) < 4.78 is 5.98. The Kier molecular flexibility index (Phi) is 9.01. The van der Waals surface area contributed by atoms with Crippen molar-refractivity contribution < 1.29 is 19.1 Å². The van der Waals surface area contributed by atoms with Crippen LogP contribution in [0.4, 0.5) is 11.4 Å². The number of carbonyl (C=O) groups excluding carboxylic acids is 3. The van der Waals surface area contributed by atoms with E-state index in [0.29, 0.717) is 17.1 Å². The first-order valence-electron chi connectivity index (χ1n) is 8.68. The van der Waals surface area contributed by atoms with E-state index in [-0.39, 0.29) is 35.8 Å². The van der Waals surface area contributed by atoms with Crippen molar-refractivity contribution in [3.63, 3.8) is 0 Å². The predicted molar refractivity (Wildman–Crippen MR) is 119 cm³/mol. The molecule has 0 saturated carbocycles. The van der Waals surface area contributed by atoms with Crippen LogP contribution in [0.15, 0.2) is 53.0 Å². The number of halogens is 1. The summed E-state index contributed by atoms with van der Waals surface area (Å²) >= 11 is 4.54. The maximum Gasteiger partial charge on any atom is 0.243 e. The Balaban J connectivity index is 1.71. The van der Waals surface area contributed by atoms with Gasteiger partial charge in [0, 0.05) is 29.0 Å². The number of anilines is 2. The molecule has 9 heteroatoms. The fourth-order valence-corrected chi connectivity index (χ4v) is 3.46. The molecule has 0 spiro atoms. The summed E-state index contributed by atoms with van der Waals surface area (Å²) in [4.78, 5) is 37.6. The van der Waals surface area contributed by atoms with Gasteiger partial charge in [-0.25, -0.2) is 0 Å². The first-order valence-corrected chi connectivity index (χ1v) is 10.6. The first kappa shape index (κ1) is 22.8. The predicted octanol–water partition coefficient (Wildman–Crippen LogP) is 3.23. The number of thioether (sulfide) groups is 1. The molecule has 0 atom stereocenters. The zero-order valence-electron chi connectivity index (χ0n) is 16.1. The minimum atomic E-state index is -0.313. The number of hydrogen-bond donors (Lipinski definition) is 2. The molecule has 3 amide bonds. The summed E-state index contributed by atoms with van der Waals surface area (Å²) in [6.45, 7) is -0.0825. The van der Waals surface area contributed by atoms with Crippen LogP contribution in [-0.2, 0) is 14.4 Å². The Morgan fingerprint density at radius 1 is 1.00 bits per heavy atom. The molecular weight excluding hydrogens is 458 g/mol. The van der Waals surface area contributed by atoms with Gasteiger partial charge in [-0.3, -0.25) is 14.4 Å². The second-order valence-electron chi connectivity index (χ2n) is 6.08. The SMILES string of the molecule is COc1cccc(NC(=O)CN(C)C(=O)CSCC(=O)Nc2cccc(Br)c2)c1. The van der Waals surface area contributed by atoms with Gasteiger partial charge >= 0.3 is 0 Å². The largest absolute Gasteiger partial charge is 0.497 e. The monoisotopic (exact) mass is 479 g/mol. The highest BCUT2D eigenvalue weighted by molar-refractivity contribution is 9.10. The van der Waals surface area contributed by atoms with Crippen molar-refractivity contribution in [2.45, 2.75) is 0 Å². The lowest BCUT2D eigenvalue weighted by Gasteiger charge is -2.16. The van der Waals surface area contributed by atoms with Gasteiger partial charge in [0.05, 0.1) is 25.2 Å². The minimum absolute atomic E-state index is 0.0825. The number of nitrogens with one attached hydrogen (secondary N) is 2. The minimum Gasteiger partial charge on any atom is -0.497 e. The highest BCUT2D eigenvalue weighted by Gasteiger charge is 2.14. The lowest BCUT2D eigenvalue weighted by Crippen LogP contribution is -2.36. The van der Waals surface area contributed by atoms with Crippen LogP contribution in [0.3, 0.4) is 0 Å². The van der Waals surface area contributed by atoms with Gasteiger partial charge in [-0.15, -0.1) is 11.8 Å². The van der Waals surface area contributed by atoms with Crippen molar-refractivity contribution >= 4 is 56.8 Å². The number of nitrogens with zero attached hydrogens (tertiary/aromatic N) is 1. The van der Waals surface area contributed by atoms with E-state index >= 15 is 0 Å². The van der Waals surface area contributed by atoms with Crippen LogP contribution in [0, 0.1) is 0 Å². The highest BCUT2D eigenvalue weighted by Crippen LogP contribution is 2.17. The van der Waals surface area contributed by atoms with E-state index in [0.717, 1.165) is 4.47 Å². The smallest absolute Gasteiger partial charge is 0.243 e. The Bertz CT molecular complexity index is 878. The molecule has 0 unspecified atom stereocenters. The molecule has 2 N–H and O–H groups in total. The molecule has 0 saturated heterocycles. The van der Waals surface area contributed by atoms with Gasteiger partial charge in [-0.1, -0.05) is 28.1 Å². The third-order valence-corrected chi connectivity index (χ3v) is 5.14. The van der Waals surface area contributed by atoms with Gasteiger partial charge in [-0.05, 0) is 30.3 Å². The summed E-state index contributed by atoms with van der Waals surface area (Å²) in [6, 6.07) is 14.2. The third kappa shape index (κ3) is 8.16. The Morgan fingerprint density at radius 2 is 1.66 bits per heavy atom. The fraction of sp³-hybridized carbons (Fsp3) is 0.250. The average molecular weight is 480 g/mol. The molecule has 2 rings (SSSR count). The Hall–Kier alpha value is -2.52. The van der Waals surface area contributed by atoms with Gasteiger partial charge in [0.15, 0.2) is 0 Å². The Morgan fingerprint density at radius 3 is 2.34 bits per heavy atom. The molecule has 154 valence electrons. The molecule has 2 aromatic carbocycles. The van der Waals surface area contributed by atoms with Gasteiger partial charge in [-0.2, -0.15) is 0 Å². The number of amides is 3. The maximum absolute atomic E-state index is 12.2. The van der Waals surface area contributed by atoms with Gasteiger partial charge in [0.1, 0.15) is 5.75 Å². The summed E-state index contributed by atoms with van der Waals surface area (Å²) in [6.07, 6.45) is 0. The van der Waals surface area contributed by atoms with E-state index in [9.17, 15) is 14.4 Å². The lowest BCUT2D eigenvalue weighted by atomic mass is 10.3. The van der Waals surface area contributed by atoms with Crippen LogP contribution in [0.25, 0.3) is 0 Å². The van der Waals surface area contributed by atoms with E-state index in [2.05, 4.69) is 26.6 Å². The van der Waals surface area contributed by atoms with E-state index in [4.69, 9.17) is 4.74 Å². The van der Waals surface area contributed by atoms with Crippen molar-refractivity contribution in [3.8, 4) is 5.75 Å².